The highest BCUT2D eigenvalue weighted by molar-refractivity contribution is 5.35. The lowest BCUT2D eigenvalue weighted by molar-refractivity contribution is 0.0578. The average Bonchev–Trinajstić information content (AvgIpc) is 2.10. The Balaban J connectivity index is 3.79. The van der Waals surface area contributed by atoms with Gasteiger partial charge in [0.15, 0.2) is 23.3 Å². The van der Waals surface area contributed by atoms with E-state index in [1.165, 1.54) is 0 Å². The Kier molecular flexibility index (Phi) is 3.49. The van der Waals surface area contributed by atoms with Crippen LogP contribution in [0.4, 0.5) is 17.6 Å². The van der Waals surface area contributed by atoms with Crippen molar-refractivity contribution < 1.29 is 27.8 Å². The van der Waals surface area contributed by atoms with E-state index in [9.17, 15) is 27.8 Å². The van der Waals surface area contributed by atoms with Crippen LogP contribution in [-0.4, -0.2) is 10.2 Å². The maximum Gasteiger partial charge on any atom is 0.168 e. The highest BCUT2D eigenvalue weighted by atomic mass is 19.2. The summed E-state index contributed by atoms with van der Waals surface area (Å²) in [7, 11) is 0. The number of hydrogen-bond acceptors (Lipinski definition) is 2. The molecule has 1 aromatic carbocycles. The van der Waals surface area contributed by atoms with Gasteiger partial charge in [0.1, 0.15) is 0 Å². The zero-order valence-corrected chi connectivity index (χ0v) is 10.4. The Hall–Kier alpha value is -1.14. The van der Waals surface area contributed by atoms with Gasteiger partial charge >= 0.3 is 0 Å². The van der Waals surface area contributed by atoms with Crippen LogP contribution in [0.25, 0.3) is 0 Å². The fourth-order valence-corrected chi connectivity index (χ4v) is 1.71. The van der Waals surface area contributed by atoms with Crippen LogP contribution in [0, 0.1) is 23.3 Å². The monoisotopic (exact) mass is 266 g/mol. The van der Waals surface area contributed by atoms with Gasteiger partial charge in [-0.2, -0.15) is 0 Å². The van der Waals surface area contributed by atoms with Gasteiger partial charge in [0, 0.05) is 0 Å². The van der Waals surface area contributed by atoms with E-state index in [0.717, 1.165) is 27.7 Å². The molecule has 1 rings (SSSR count). The van der Waals surface area contributed by atoms with E-state index in [2.05, 4.69) is 0 Å². The summed E-state index contributed by atoms with van der Waals surface area (Å²) < 4.78 is 54.7. The Morgan fingerprint density at radius 1 is 0.611 bits per heavy atom. The average molecular weight is 266 g/mol. The van der Waals surface area contributed by atoms with Gasteiger partial charge in [0.25, 0.3) is 0 Å². The maximum absolute atomic E-state index is 13.7. The van der Waals surface area contributed by atoms with Crippen LogP contribution in [0.5, 0.6) is 0 Å². The normalized spacial score (nSPS) is 13.0. The highest BCUT2D eigenvalue weighted by Crippen LogP contribution is 2.35. The lowest BCUT2D eigenvalue weighted by Crippen LogP contribution is -2.27. The standard InChI is InChI=1S/C12H14F4O2/c1-11(2,17)5-7(13)9(15)6(12(3,4)18)10(16)8(5)14/h17-18H,1-4H3. The Morgan fingerprint density at radius 2 is 0.778 bits per heavy atom. The molecule has 0 heterocycles. The van der Waals surface area contributed by atoms with Crippen LogP contribution in [0.2, 0.25) is 0 Å². The van der Waals surface area contributed by atoms with Gasteiger partial charge in [-0.05, 0) is 27.7 Å². The molecule has 0 unspecified atom stereocenters. The molecule has 0 radical (unpaired) electrons. The van der Waals surface area contributed by atoms with Crippen LogP contribution in [-0.2, 0) is 11.2 Å². The lowest BCUT2D eigenvalue weighted by atomic mass is 9.90. The van der Waals surface area contributed by atoms with Crippen molar-refractivity contribution in [1.29, 1.82) is 0 Å². The predicted octanol–water partition coefficient (Wildman–Crippen LogP) is 2.70. The number of hydrogen-bond donors (Lipinski definition) is 2. The van der Waals surface area contributed by atoms with E-state index in [0.29, 0.717) is 0 Å². The molecule has 0 saturated carbocycles. The van der Waals surface area contributed by atoms with Crippen molar-refractivity contribution in [2.24, 2.45) is 0 Å². The Labute approximate surface area is 102 Å². The molecule has 18 heavy (non-hydrogen) atoms. The van der Waals surface area contributed by atoms with E-state index >= 15 is 0 Å². The molecule has 0 spiro atoms. The summed E-state index contributed by atoms with van der Waals surface area (Å²) in [5.41, 5.74) is -6.39. The van der Waals surface area contributed by atoms with Gasteiger partial charge in [-0.1, -0.05) is 0 Å². The van der Waals surface area contributed by atoms with E-state index in [-0.39, 0.29) is 0 Å². The largest absolute Gasteiger partial charge is 0.386 e. The lowest BCUT2D eigenvalue weighted by Gasteiger charge is -2.25. The van der Waals surface area contributed by atoms with Crippen molar-refractivity contribution in [2.45, 2.75) is 38.9 Å². The van der Waals surface area contributed by atoms with Crippen LogP contribution >= 0.6 is 0 Å². The molecule has 2 nitrogen and oxygen atoms in total. The molecule has 1 aromatic rings. The van der Waals surface area contributed by atoms with E-state index < -0.39 is 45.6 Å². The number of halogens is 4. The summed E-state index contributed by atoms with van der Waals surface area (Å²) in [5, 5.41) is 19.0. The molecular formula is C12H14F4O2. The van der Waals surface area contributed by atoms with Gasteiger partial charge in [0.2, 0.25) is 0 Å². The molecule has 0 fully saturated rings. The molecular weight excluding hydrogens is 252 g/mol. The minimum Gasteiger partial charge on any atom is -0.386 e. The molecule has 6 heteroatoms. The summed E-state index contributed by atoms with van der Waals surface area (Å²) in [6, 6.07) is 0. The molecule has 0 saturated heterocycles. The first kappa shape index (κ1) is 14.9. The van der Waals surface area contributed by atoms with Gasteiger partial charge in [-0.25, -0.2) is 17.6 Å². The number of aliphatic hydroxyl groups is 2. The fraction of sp³-hybridized carbons (Fsp3) is 0.500. The van der Waals surface area contributed by atoms with Gasteiger partial charge in [-0.3, -0.25) is 0 Å². The quantitative estimate of drug-likeness (QED) is 0.638. The smallest absolute Gasteiger partial charge is 0.168 e. The van der Waals surface area contributed by atoms with Crippen LogP contribution in [0.15, 0.2) is 0 Å². The molecule has 0 aliphatic rings. The summed E-state index contributed by atoms with van der Waals surface area (Å²) in [6.07, 6.45) is 0. The van der Waals surface area contributed by atoms with E-state index in [1.54, 1.807) is 0 Å². The second-order valence-electron chi connectivity index (χ2n) is 5.12. The first-order valence-electron chi connectivity index (χ1n) is 5.20. The summed E-state index contributed by atoms with van der Waals surface area (Å²) in [6.45, 7) is 3.99. The summed E-state index contributed by atoms with van der Waals surface area (Å²) in [4.78, 5) is 0. The van der Waals surface area contributed by atoms with Crippen LogP contribution in [0.3, 0.4) is 0 Å². The number of rotatable bonds is 2. The number of benzene rings is 1. The Morgan fingerprint density at radius 3 is 0.889 bits per heavy atom. The molecule has 0 amide bonds. The molecule has 0 aliphatic carbocycles. The van der Waals surface area contributed by atoms with Gasteiger partial charge in [0.05, 0.1) is 22.3 Å². The van der Waals surface area contributed by atoms with E-state index in [1.807, 2.05) is 0 Å². The van der Waals surface area contributed by atoms with Crippen LogP contribution in [0.1, 0.15) is 38.8 Å². The first-order chi connectivity index (χ1) is 7.89. The van der Waals surface area contributed by atoms with Crippen molar-refractivity contribution in [1.82, 2.24) is 0 Å². The van der Waals surface area contributed by atoms with Gasteiger partial charge < -0.3 is 10.2 Å². The zero-order chi connectivity index (χ0) is 14.5. The SMILES string of the molecule is CC(C)(O)c1c(F)c(F)c(C(C)(C)O)c(F)c1F. The Bertz CT molecular complexity index is 410. The van der Waals surface area contributed by atoms with Crippen molar-refractivity contribution in [3.8, 4) is 0 Å². The molecule has 2 N–H and O–H groups in total. The molecule has 0 aromatic heterocycles. The molecule has 0 bridgehead atoms. The fourth-order valence-electron chi connectivity index (χ4n) is 1.71. The molecule has 0 aliphatic heterocycles. The van der Waals surface area contributed by atoms with Crippen molar-refractivity contribution in [3.63, 3.8) is 0 Å². The summed E-state index contributed by atoms with van der Waals surface area (Å²) in [5.74, 6) is -6.84. The third-order valence-electron chi connectivity index (χ3n) is 2.49. The second-order valence-corrected chi connectivity index (χ2v) is 5.12. The zero-order valence-electron chi connectivity index (χ0n) is 10.4. The third-order valence-corrected chi connectivity index (χ3v) is 2.49. The van der Waals surface area contributed by atoms with E-state index in [4.69, 9.17) is 0 Å². The first-order valence-corrected chi connectivity index (χ1v) is 5.20. The minimum atomic E-state index is -2.09. The summed E-state index contributed by atoms with van der Waals surface area (Å²) >= 11 is 0. The van der Waals surface area contributed by atoms with Crippen molar-refractivity contribution >= 4 is 0 Å². The predicted molar refractivity (Wildman–Crippen MR) is 56.8 cm³/mol. The topological polar surface area (TPSA) is 40.5 Å². The highest BCUT2D eigenvalue weighted by Gasteiger charge is 2.37. The third kappa shape index (κ3) is 2.35. The van der Waals surface area contributed by atoms with Gasteiger partial charge in [-0.15, -0.1) is 0 Å². The van der Waals surface area contributed by atoms with Crippen molar-refractivity contribution in [3.05, 3.63) is 34.4 Å². The minimum absolute atomic E-state index is 0.997. The van der Waals surface area contributed by atoms with Crippen LogP contribution < -0.4 is 0 Å². The molecule has 0 atom stereocenters. The maximum atomic E-state index is 13.7. The molecule has 102 valence electrons. The van der Waals surface area contributed by atoms with Crippen molar-refractivity contribution in [2.75, 3.05) is 0 Å². The second kappa shape index (κ2) is 4.20.